The summed E-state index contributed by atoms with van der Waals surface area (Å²) in [5.74, 6) is -0.917. The standard InChI is InChI=1S/C23H20N2O4/c26-20-13-11-17(12-14-20)15-21(24-22(27)19-9-5-2-6-10-19)23(28)25-29-16-18-7-3-1-4-8-18/h1-15,26H,16H2,(H,24,27)(H,25,28). The third-order valence-electron chi connectivity index (χ3n) is 3.98. The highest BCUT2D eigenvalue weighted by molar-refractivity contribution is 6.04. The number of amides is 2. The molecule has 0 saturated carbocycles. The second-order valence-electron chi connectivity index (χ2n) is 6.18. The van der Waals surface area contributed by atoms with Gasteiger partial charge in [-0.15, -0.1) is 0 Å². The van der Waals surface area contributed by atoms with Crippen molar-refractivity contribution in [2.24, 2.45) is 0 Å². The van der Waals surface area contributed by atoms with Crippen molar-refractivity contribution < 1.29 is 19.5 Å². The van der Waals surface area contributed by atoms with Gasteiger partial charge in [-0.05, 0) is 41.5 Å². The van der Waals surface area contributed by atoms with Gasteiger partial charge in [0.15, 0.2) is 0 Å². The lowest BCUT2D eigenvalue weighted by Crippen LogP contribution is -2.34. The maximum Gasteiger partial charge on any atom is 0.291 e. The molecule has 0 heterocycles. The van der Waals surface area contributed by atoms with Crippen molar-refractivity contribution in [2.75, 3.05) is 0 Å². The molecule has 3 aromatic carbocycles. The predicted octanol–water partition coefficient (Wildman–Crippen LogP) is 3.41. The van der Waals surface area contributed by atoms with Gasteiger partial charge in [-0.1, -0.05) is 60.7 Å². The Bertz CT molecular complexity index is 984. The number of aromatic hydroxyl groups is 1. The van der Waals surface area contributed by atoms with Gasteiger partial charge < -0.3 is 10.4 Å². The van der Waals surface area contributed by atoms with Crippen LogP contribution in [0.3, 0.4) is 0 Å². The Morgan fingerprint density at radius 1 is 0.862 bits per heavy atom. The van der Waals surface area contributed by atoms with Crippen LogP contribution in [0.15, 0.2) is 90.6 Å². The zero-order valence-electron chi connectivity index (χ0n) is 15.5. The van der Waals surface area contributed by atoms with E-state index in [1.165, 1.54) is 18.2 Å². The molecule has 3 rings (SSSR count). The third-order valence-corrected chi connectivity index (χ3v) is 3.98. The Hall–Kier alpha value is -3.90. The number of hydrogen-bond acceptors (Lipinski definition) is 4. The molecule has 0 spiro atoms. The van der Waals surface area contributed by atoms with Crippen LogP contribution >= 0.6 is 0 Å². The fourth-order valence-corrected chi connectivity index (χ4v) is 2.49. The van der Waals surface area contributed by atoms with Gasteiger partial charge in [0.25, 0.3) is 11.8 Å². The highest BCUT2D eigenvalue weighted by atomic mass is 16.6. The van der Waals surface area contributed by atoms with Gasteiger partial charge in [0, 0.05) is 5.56 Å². The quantitative estimate of drug-likeness (QED) is 0.428. The zero-order valence-corrected chi connectivity index (χ0v) is 15.5. The Labute approximate surface area is 168 Å². The molecule has 0 aliphatic heterocycles. The maximum atomic E-state index is 12.6. The average Bonchev–Trinajstić information content (AvgIpc) is 2.76. The summed E-state index contributed by atoms with van der Waals surface area (Å²) in [6, 6.07) is 24.2. The number of hydroxylamine groups is 1. The first-order valence-electron chi connectivity index (χ1n) is 8.95. The van der Waals surface area contributed by atoms with Crippen LogP contribution in [0.5, 0.6) is 5.75 Å². The summed E-state index contributed by atoms with van der Waals surface area (Å²) in [6.07, 6.45) is 1.50. The Morgan fingerprint density at radius 2 is 1.48 bits per heavy atom. The molecule has 3 aromatic rings. The first kappa shape index (κ1) is 19.9. The van der Waals surface area contributed by atoms with Crippen LogP contribution in [-0.2, 0) is 16.2 Å². The number of phenols is 1. The average molecular weight is 388 g/mol. The normalized spacial score (nSPS) is 11.0. The largest absolute Gasteiger partial charge is 0.508 e. The minimum atomic E-state index is -0.599. The topological polar surface area (TPSA) is 87.7 Å². The summed E-state index contributed by atoms with van der Waals surface area (Å²) in [6.45, 7) is 0.186. The molecule has 0 saturated heterocycles. The molecule has 146 valence electrons. The number of phenolic OH excluding ortho intramolecular Hbond substituents is 1. The minimum absolute atomic E-state index is 0.0117. The number of rotatable bonds is 7. The Balaban J connectivity index is 1.73. The molecule has 0 aliphatic rings. The molecular formula is C23H20N2O4. The second kappa shape index (κ2) is 9.87. The molecule has 2 amide bonds. The molecule has 0 unspecified atom stereocenters. The molecule has 0 radical (unpaired) electrons. The van der Waals surface area contributed by atoms with Gasteiger partial charge >= 0.3 is 0 Å². The number of hydrogen-bond donors (Lipinski definition) is 3. The fraction of sp³-hybridized carbons (Fsp3) is 0.0435. The third kappa shape index (κ3) is 6.05. The lowest BCUT2D eigenvalue weighted by Gasteiger charge is -2.11. The van der Waals surface area contributed by atoms with Crippen molar-refractivity contribution in [3.63, 3.8) is 0 Å². The molecule has 0 aromatic heterocycles. The van der Waals surface area contributed by atoms with Crippen molar-refractivity contribution in [3.05, 3.63) is 107 Å². The summed E-state index contributed by atoms with van der Waals surface area (Å²) < 4.78 is 0. The summed E-state index contributed by atoms with van der Waals surface area (Å²) in [4.78, 5) is 30.4. The van der Waals surface area contributed by atoms with Crippen molar-refractivity contribution in [1.82, 2.24) is 10.8 Å². The summed E-state index contributed by atoms with van der Waals surface area (Å²) in [5, 5.41) is 12.0. The van der Waals surface area contributed by atoms with E-state index in [1.807, 2.05) is 30.3 Å². The lowest BCUT2D eigenvalue weighted by molar-refractivity contribution is -0.130. The first-order chi connectivity index (χ1) is 14.1. The molecule has 0 aliphatic carbocycles. The van der Waals surface area contributed by atoms with Crippen molar-refractivity contribution in [1.29, 1.82) is 0 Å². The molecule has 0 atom stereocenters. The van der Waals surface area contributed by atoms with Crippen LogP contribution < -0.4 is 10.8 Å². The highest BCUT2D eigenvalue weighted by Crippen LogP contribution is 2.13. The van der Waals surface area contributed by atoms with Crippen molar-refractivity contribution in [2.45, 2.75) is 6.61 Å². The van der Waals surface area contributed by atoms with E-state index in [2.05, 4.69) is 10.8 Å². The SMILES string of the molecule is O=C(NOCc1ccccc1)C(=Cc1ccc(O)cc1)NC(=O)c1ccccc1. The molecule has 6 nitrogen and oxygen atoms in total. The molecular weight excluding hydrogens is 368 g/mol. The van der Waals surface area contributed by atoms with Gasteiger partial charge in [-0.25, -0.2) is 5.48 Å². The lowest BCUT2D eigenvalue weighted by atomic mass is 10.1. The molecule has 29 heavy (non-hydrogen) atoms. The zero-order chi connectivity index (χ0) is 20.5. The molecule has 0 fully saturated rings. The maximum absolute atomic E-state index is 12.6. The number of nitrogens with one attached hydrogen (secondary N) is 2. The monoisotopic (exact) mass is 388 g/mol. The van der Waals surface area contributed by atoms with Crippen molar-refractivity contribution in [3.8, 4) is 5.75 Å². The molecule has 6 heteroatoms. The minimum Gasteiger partial charge on any atom is -0.508 e. The fourth-order valence-electron chi connectivity index (χ4n) is 2.49. The molecule has 0 bridgehead atoms. The Morgan fingerprint density at radius 3 is 2.14 bits per heavy atom. The van der Waals surface area contributed by atoms with Crippen LogP contribution in [0.4, 0.5) is 0 Å². The van der Waals surface area contributed by atoms with E-state index >= 15 is 0 Å². The van der Waals surface area contributed by atoms with E-state index in [9.17, 15) is 14.7 Å². The summed E-state index contributed by atoms with van der Waals surface area (Å²) in [7, 11) is 0. The van der Waals surface area contributed by atoms with Gasteiger partial charge in [0.1, 0.15) is 11.4 Å². The first-order valence-corrected chi connectivity index (χ1v) is 8.95. The van der Waals surface area contributed by atoms with Crippen LogP contribution in [0.1, 0.15) is 21.5 Å². The molecule has 3 N–H and O–H groups in total. The number of benzene rings is 3. The smallest absolute Gasteiger partial charge is 0.291 e. The van der Waals surface area contributed by atoms with E-state index in [1.54, 1.807) is 42.5 Å². The number of carbonyl (C=O) groups is 2. The van der Waals surface area contributed by atoms with Crippen LogP contribution in [0.2, 0.25) is 0 Å². The van der Waals surface area contributed by atoms with Gasteiger partial charge in [-0.2, -0.15) is 0 Å². The van der Waals surface area contributed by atoms with E-state index in [-0.39, 0.29) is 18.1 Å². The number of carbonyl (C=O) groups excluding carboxylic acids is 2. The van der Waals surface area contributed by atoms with Crippen LogP contribution in [0, 0.1) is 0 Å². The second-order valence-corrected chi connectivity index (χ2v) is 6.18. The van der Waals surface area contributed by atoms with Crippen LogP contribution in [-0.4, -0.2) is 16.9 Å². The van der Waals surface area contributed by atoms with E-state index in [0.717, 1.165) is 5.56 Å². The van der Waals surface area contributed by atoms with Gasteiger partial charge in [0.05, 0.1) is 6.61 Å². The summed E-state index contributed by atoms with van der Waals surface area (Å²) >= 11 is 0. The van der Waals surface area contributed by atoms with Crippen LogP contribution in [0.25, 0.3) is 6.08 Å². The van der Waals surface area contributed by atoms with E-state index in [4.69, 9.17) is 4.84 Å². The summed E-state index contributed by atoms with van der Waals surface area (Å²) in [5.41, 5.74) is 4.30. The van der Waals surface area contributed by atoms with Gasteiger partial charge in [0.2, 0.25) is 0 Å². The predicted molar refractivity (Wildman–Crippen MR) is 109 cm³/mol. The highest BCUT2D eigenvalue weighted by Gasteiger charge is 2.15. The van der Waals surface area contributed by atoms with Gasteiger partial charge in [-0.3, -0.25) is 14.4 Å². The van der Waals surface area contributed by atoms with E-state index in [0.29, 0.717) is 11.1 Å². The van der Waals surface area contributed by atoms with Crippen molar-refractivity contribution >= 4 is 17.9 Å². The van der Waals surface area contributed by atoms with E-state index < -0.39 is 11.8 Å². The Kier molecular flexibility index (Phi) is 6.75.